The summed E-state index contributed by atoms with van der Waals surface area (Å²) in [7, 11) is 0.870. The minimum atomic E-state index is -3.59. The Hall–Kier alpha value is -1.15. The SMILES string of the molecule is CC(Cc1ccc(Cl)cc1)N(C)C(=O)CNS(=O)(=O)N(C)C. The molecule has 0 saturated carbocycles. The van der Waals surface area contributed by atoms with Crippen LogP contribution in [0.4, 0.5) is 0 Å². The van der Waals surface area contributed by atoms with E-state index in [9.17, 15) is 13.2 Å². The van der Waals surface area contributed by atoms with Gasteiger partial charge in [-0.25, -0.2) is 0 Å². The number of likely N-dealkylation sites (N-methyl/N-ethyl adjacent to an activating group) is 1. The summed E-state index contributed by atoms with van der Waals surface area (Å²) in [6.07, 6.45) is 0.667. The first-order chi connectivity index (χ1) is 10.1. The lowest BCUT2D eigenvalue weighted by Gasteiger charge is -2.25. The first-order valence-electron chi connectivity index (χ1n) is 6.80. The molecule has 0 radical (unpaired) electrons. The van der Waals surface area contributed by atoms with Gasteiger partial charge in [0.05, 0.1) is 6.54 Å². The lowest BCUT2D eigenvalue weighted by molar-refractivity contribution is -0.130. The fraction of sp³-hybridized carbons (Fsp3) is 0.500. The van der Waals surface area contributed by atoms with Crippen LogP contribution in [0.1, 0.15) is 12.5 Å². The zero-order chi connectivity index (χ0) is 16.9. The van der Waals surface area contributed by atoms with Gasteiger partial charge in [-0.1, -0.05) is 23.7 Å². The zero-order valence-electron chi connectivity index (χ0n) is 13.2. The molecule has 0 bridgehead atoms. The third-order valence-electron chi connectivity index (χ3n) is 3.39. The van der Waals surface area contributed by atoms with E-state index < -0.39 is 10.2 Å². The quantitative estimate of drug-likeness (QED) is 0.803. The topological polar surface area (TPSA) is 69.7 Å². The van der Waals surface area contributed by atoms with E-state index in [2.05, 4.69) is 4.72 Å². The fourth-order valence-electron chi connectivity index (χ4n) is 1.75. The van der Waals surface area contributed by atoms with Crippen molar-refractivity contribution in [2.75, 3.05) is 27.7 Å². The van der Waals surface area contributed by atoms with Gasteiger partial charge in [-0.3, -0.25) is 4.79 Å². The van der Waals surface area contributed by atoms with Crippen LogP contribution in [0.3, 0.4) is 0 Å². The smallest absolute Gasteiger partial charge is 0.279 e. The second-order valence-electron chi connectivity index (χ2n) is 5.29. The number of nitrogens with zero attached hydrogens (tertiary/aromatic N) is 2. The summed E-state index contributed by atoms with van der Waals surface area (Å²) in [4.78, 5) is 13.6. The van der Waals surface area contributed by atoms with Crippen molar-refractivity contribution in [2.45, 2.75) is 19.4 Å². The first-order valence-corrected chi connectivity index (χ1v) is 8.62. The molecule has 0 aliphatic rings. The summed E-state index contributed by atoms with van der Waals surface area (Å²) in [5.74, 6) is -0.285. The summed E-state index contributed by atoms with van der Waals surface area (Å²) >= 11 is 5.84. The summed E-state index contributed by atoms with van der Waals surface area (Å²) in [6, 6.07) is 7.36. The molecular formula is C14H22ClN3O3S. The molecule has 124 valence electrons. The molecule has 8 heteroatoms. The van der Waals surface area contributed by atoms with E-state index in [1.807, 2.05) is 19.1 Å². The maximum atomic E-state index is 12.1. The lowest BCUT2D eigenvalue weighted by Crippen LogP contribution is -2.45. The number of benzene rings is 1. The summed E-state index contributed by atoms with van der Waals surface area (Å²) in [5, 5.41) is 0.666. The van der Waals surface area contributed by atoms with E-state index >= 15 is 0 Å². The van der Waals surface area contributed by atoms with Crippen LogP contribution < -0.4 is 4.72 Å². The van der Waals surface area contributed by atoms with Gasteiger partial charge in [0.1, 0.15) is 0 Å². The Balaban J connectivity index is 2.57. The van der Waals surface area contributed by atoms with Gasteiger partial charge >= 0.3 is 0 Å². The summed E-state index contributed by atoms with van der Waals surface area (Å²) < 4.78 is 26.4. The number of amides is 1. The molecule has 0 aliphatic heterocycles. The molecule has 0 aliphatic carbocycles. The highest BCUT2D eigenvalue weighted by Gasteiger charge is 2.19. The van der Waals surface area contributed by atoms with Gasteiger partial charge in [0.25, 0.3) is 10.2 Å². The van der Waals surface area contributed by atoms with Crippen molar-refractivity contribution in [2.24, 2.45) is 0 Å². The van der Waals surface area contributed by atoms with Crippen LogP contribution in [0.25, 0.3) is 0 Å². The van der Waals surface area contributed by atoms with E-state index in [1.165, 1.54) is 19.0 Å². The molecule has 1 atom stereocenters. The Bertz CT molecular complexity index is 602. The highest BCUT2D eigenvalue weighted by molar-refractivity contribution is 7.87. The molecule has 1 N–H and O–H groups in total. The Labute approximate surface area is 137 Å². The van der Waals surface area contributed by atoms with E-state index in [1.54, 1.807) is 19.2 Å². The molecule has 1 amide bonds. The van der Waals surface area contributed by atoms with Gasteiger partial charge in [-0.05, 0) is 31.0 Å². The largest absolute Gasteiger partial charge is 0.342 e. The van der Waals surface area contributed by atoms with Crippen LogP contribution in [0.2, 0.25) is 5.02 Å². The van der Waals surface area contributed by atoms with E-state index in [-0.39, 0.29) is 18.5 Å². The molecule has 1 unspecified atom stereocenters. The minimum absolute atomic E-state index is 0.0578. The summed E-state index contributed by atoms with van der Waals surface area (Å²) in [5.41, 5.74) is 1.06. The Kier molecular flexibility index (Phi) is 6.80. The average molecular weight is 348 g/mol. The Morgan fingerprint density at radius 3 is 2.27 bits per heavy atom. The molecule has 0 aromatic heterocycles. The van der Waals surface area contributed by atoms with E-state index in [4.69, 9.17) is 11.6 Å². The predicted octanol–water partition coefficient (Wildman–Crippen LogP) is 1.13. The van der Waals surface area contributed by atoms with Gasteiger partial charge in [0.15, 0.2) is 0 Å². The van der Waals surface area contributed by atoms with E-state index in [0.29, 0.717) is 11.4 Å². The Morgan fingerprint density at radius 2 is 1.77 bits per heavy atom. The molecule has 0 fully saturated rings. The predicted molar refractivity (Wildman–Crippen MR) is 88.0 cm³/mol. The van der Waals surface area contributed by atoms with Gasteiger partial charge < -0.3 is 4.90 Å². The van der Waals surface area contributed by atoms with Crippen molar-refractivity contribution in [1.29, 1.82) is 0 Å². The average Bonchev–Trinajstić information content (AvgIpc) is 2.46. The maximum absolute atomic E-state index is 12.1. The van der Waals surface area contributed by atoms with Gasteiger partial charge in [-0.2, -0.15) is 17.4 Å². The van der Waals surface area contributed by atoms with Crippen molar-refractivity contribution in [3.63, 3.8) is 0 Å². The number of hydrogen-bond acceptors (Lipinski definition) is 3. The number of carbonyl (C=O) groups excluding carboxylic acids is 1. The number of hydrogen-bond donors (Lipinski definition) is 1. The van der Waals surface area contributed by atoms with Crippen LogP contribution in [0.5, 0.6) is 0 Å². The second-order valence-corrected chi connectivity index (χ2v) is 7.70. The van der Waals surface area contributed by atoms with Crippen LogP contribution in [0, 0.1) is 0 Å². The van der Waals surface area contributed by atoms with Crippen molar-refractivity contribution < 1.29 is 13.2 Å². The third kappa shape index (κ3) is 5.57. The molecular weight excluding hydrogens is 326 g/mol. The van der Waals surface area contributed by atoms with Crippen molar-refractivity contribution in [1.82, 2.24) is 13.9 Å². The van der Waals surface area contributed by atoms with Gasteiger partial charge in [-0.15, -0.1) is 0 Å². The Morgan fingerprint density at radius 1 is 1.23 bits per heavy atom. The molecule has 6 nitrogen and oxygen atoms in total. The third-order valence-corrected chi connectivity index (χ3v) is 5.11. The maximum Gasteiger partial charge on any atom is 0.279 e. The second kappa shape index (κ2) is 7.92. The highest BCUT2D eigenvalue weighted by Crippen LogP contribution is 2.12. The van der Waals surface area contributed by atoms with Crippen LogP contribution >= 0.6 is 11.6 Å². The van der Waals surface area contributed by atoms with Gasteiger partial charge in [0.2, 0.25) is 5.91 Å². The van der Waals surface area contributed by atoms with Crippen molar-refractivity contribution in [3.8, 4) is 0 Å². The van der Waals surface area contributed by atoms with Crippen LogP contribution in [0.15, 0.2) is 24.3 Å². The molecule has 22 heavy (non-hydrogen) atoms. The zero-order valence-corrected chi connectivity index (χ0v) is 14.8. The number of rotatable bonds is 7. The molecule has 0 spiro atoms. The van der Waals surface area contributed by atoms with Gasteiger partial charge in [0, 0.05) is 32.2 Å². The van der Waals surface area contributed by atoms with Crippen LogP contribution in [-0.2, 0) is 21.4 Å². The normalized spacial score (nSPS) is 13.2. The number of nitrogens with one attached hydrogen (secondary N) is 1. The van der Waals surface area contributed by atoms with Crippen molar-refractivity contribution in [3.05, 3.63) is 34.9 Å². The molecule has 1 aromatic carbocycles. The lowest BCUT2D eigenvalue weighted by atomic mass is 10.1. The molecule has 1 aromatic rings. The standard InChI is InChI=1S/C14H22ClN3O3S/c1-11(9-12-5-7-13(15)8-6-12)18(4)14(19)10-16-22(20,21)17(2)3/h5-8,11,16H,9-10H2,1-4H3. The number of carbonyl (C=O) groups is 1. The number of halogens is 1. The molecule has 0 saturated heterocycles. The highest BCUT2D eigenvalue weighted by atomic mass is 35.5. The van der Waals surface area contributed by atoms with E-state index in [0.717, 1.165) is 9.87 Å². The van der Waals surface area contributed by atoms with Crippen molar-refractivity contribution >= 4 is 27.7 Å². The first kappa shape index (κ1) is 18.9. The minimum Gasteiger partial charge on any atom is -0.342 e. The summed E-state index contributed by atoms with van der Waals surface area (Å²) in [6.45, 7) is 1.65. The van der Waals surface area contributed by atoms with Crippen LogP contribution in [-0.4, -0.2) is 57.3 Å². The fourth-order valence-corrected chi connectivity index (χ4v) is 2.44. The molecule has 0 heterocycles. The molecule has 1 rings (SSSR count). The monoisotopic (exact) mass is 347 g/mol.